The van der Waals surface area contributed by atoms with Crippen LogP contribution in [0, 0.1) is 35.5 Å². The number of carbonyl (C=O) groups is 2. The fraction of sp³-hybridized carbons (Fsp3) is 0.836. The van der Waals surface area contributed by atoms with E-state index in [1.807, 2.05) is 12.2 Å². The highest BCUT2D eigenvalue weighted by atomic mass is 28.4. The lowest BCUT2D eigenvalue weighted by Crippen LogP contribution is -2.60. The van der Waals surface area contributed by atoms with Gasteiger partial charge >= 0.3 is 5.97 Å². The molecule has 0 aliphatic carbocycles. The number of rotatable bonds is 24. The van der Waals surface area contributed by atoms with E-state index in [0.717, 1.165) is 49.7 Å². The van der Waals surface area contributed by atoms with Crippen LogP contribution in [0.5, 0.6) is 0 Å². The molecule has 4 heterocycles. The second kappa shape index (κ2) is 26.2. The first-order chi connectivity index (χ1) is 33.9. The lowest BCUT2D eigenvalue weighted by atomic mass is 9.79. The fourth-order valence-corrected chi connectivity index (χ4v) is 14.4. The predicted molar refractivity (Wildman–Crippen MR) is 312 cm³/mol. The summed E-state index contributed by atoms with van der Waals surface area (Å²) in [4.78, 5) is 26.7. The van der Waals surface area contributed by atoms with Crippen molar-refractivity contribution in [1.82, 2.24) is 0 Å². The van der Waals surface area contributed by atoms with Crippen molar-refractivity contribution in [3.05, 3.63) is 49.1 Å². The molecule has 0 aromatic rings. The molecular formula is C61H110O10Si3. The standard InChI is InChI=1S/C61H110O10Si3/c1-25-26-51-43(6)44(7)57(71-74(23,24)61(15,16)17)58(69-51)52(70-73(21,22)60(12,13)14)31-28-46(62)27-29-47-35-41(4)50(66-47)32-30-48-34-40(3)42(5)54(67-48)37-55-49(36-56(63)64-18)45(8)53(68-55)33-39(2)38-65-72(19,20)59(9,10)11/h25,28,31,39-40,43-45,47-55,57-58H,1,4-5,26-27,29-30,32-38H2,2-3,6-24H3/b31-28+/t39-,40+,43+,44-,45+,47?,48?,49+,50-,51-,52-,53+,54+,55?,57-,58-/m0/s1. The van der Waals surface area contributed by atoms with E-state index in [1.165, 1.54) is 7.11 Å². The molecule has 0 N–H and O–H groups in total. The molecule has 0 radical (unpaired) electrons. The van der Waals surface area contributed by atoms with Crippen LogP contribution < -0.4 is 0 Å². The van der Waals surface area contributed by atoms with Crippen molar-refractivity contribution in [2.75, 3.05) is 13.7 Å². The van der Waals surface area contributed by atoms with E-state index in [4.69, 9.17) is 37.0 Å². The average molecular weight is 1090 g/mol. The molecule has 0 amide bonds. The van der Waals surface area contributed by atoms with Crippen LogP contribution in [0.2, 0.25) is 54.4 Å². The molecular weight excluding hydrogens is 977 g/mol. The zero-order valence-electron chi connectivity index (χ0n) is 51.0. The fourth-order valence-electron chi connectivity index (χ4n) is 10.7. The first kappa shape index (κ1) is 65.0. The highest BCUT2D eigenvalue weighted by molar-refractivity contribution is 6.75. The van der Waals surface area contributed by atoms with E-state index in [9.17, 15) is 9.59 Å². The van der Waals surface area contributed by atoms with Gasteiger partial charge in [0, 0.05) is 25.4 Å². The van der Waals surface area contributed by atoms with E-state index >= 15 is 0 Å². The Morgan fingerprint density at radius 3 is 1.93 bits per heavy atom. The highest BCUT2D eigenvalue weighted by Crippen LogP contribution is 2.47. The highest BCUT2D eigenvalue weighted by Gasteiger charge is 2.52. The van der Waals surface area contributed by atoms with Crippen LogP contribution in [-0.2, 0) is 46.6 Å². The maximum absolute atomic E-state index is 13.9. The quantitative estimate of drug-likeness (QED) is 0.0401. The van der Waals surface area contributed by atoms with Crippen LogP contribution in [0.1, 0.15) is 161 Å². The number of hydrogen-bond acceptors (Lipinski definition) is 10. The molecule has 74 heavy (non-hydrogen) atoms. The van der Waals surface area contributed by atoms with Gasteiger partial charge in [-0.05, 0) is 146 Å². The normalized spacial score (nSPS) is 32.8. The van der Waals surface area contributed by atoms with Gasteiger partial charge in [-0.15, -0.1) is 6.58 Å². The summed E-state index contributed by atoms with van der Waals surface area (Å²) in [5.41, 5.74) is 2.18. The summed E-state index contributed by atoms with van der Waals surface area (Å²) < 4.78 is 53.9. The Morgan fingerprint density at radius 1 is 0.743 bits per heavy atom. The van der Waals surface area contributed by atoms with Crippen molar-refractivity contribution >= 4 is 36.7 Å². The summed E-state index contributed by atoms with van der Waals surface area (Å²) in [5, 5.41) is 0.118. The Kier molecular flexibility index (Phi) is 23.0. The molecule has 16 atom stereocenters. The molecule has 0 spiro atoms. The summed E-state index contributed by atoms with van der Waals surface area (Å²) >= 11 is 0. The number of ketones is 1. The monoisotopic (exact) mass is 1090 g/mol. The van der Waals surface area contributed by atoms with Gasteiger partial charge in [-0.25, -0.2) is 0 Å². The minimum absolute atomic E-state index is 0.0145. The van der Waals surface area contributed by atoms with Crippen molar-refractivity contribution in [2.24, 2.45) is 35.5 Å². The van der Waals surface area contributed by atoms with Crippen LogP contribution in [-0.4, -0.2) is 111 Å². The van der Waals surface area contributed by atoms with E-state index in [2.05, 4.69) is 156 Å². The van der Waals surface area contributed by atoms with Crippen molar-refractivity contribution in [1.29, 1.82) is 0 Å². The Labute approximate surface area is 456 Å². The number of carbonyl (C=O) groups excluding carboxylic acids is 2. The molecule has 10 nitrogen and oxygen atoms in total. The molecule has 0 aromatic heterocycles. The van der Waals surface area contributed by atoms with Gasteiger partial charge in [0.25, 0.3) is 0 Å². The van der Waals surface area contributed by atoms with Crippen LogP contribution in [0.3, 0.4) is 0 Å². The van der Waals surface area contributed by atoms with Gasteiger partial charge < -0.3 is 37.0 Å². The number of hydrogen-bond donors (Lipinski definition) is 0. The Hall–Kier alpha value is -1.53. The second-order valence-corrected chi connectivity index (χ2v) is 42.6. The zero-order chi connectivity index (χ0) is 56.1. The van der Waals surface area contributed by atoms with Crippen LogP contribution >= 0.6 is 0 Å². The summed E-state index contributed by atoms with van der Waals surface area (Å²) in [6, 6.07) is 0. The van der Waals surface area contributed by atoms with E-state index in [1.54, 1.807) is 6.08 Å². The third-order valence-electron chi connectivity index (χ3n) is 19.4. The second-order valence-electron chi connectivity index (χ2n) is 28.2. The predicted octanol–water partition coefficient (Wildman–Crippen LogP) is 15.2. The summed E-state index contributed by atoms with van der Waals surface area (Å²) in [6.07, 6.45) is 11.0. The minimum Gasteiger partial charge on any atom is -0.469 e. The summed E-state index contributed by atoms with van der Waals surface area (Å²) in [5.74, 6) is 1.13. The van der Waals surface area contributed by atoms with Gasteiger partial charge in [0.05, 0.1) is 68.5 Å². The smallest absolute Gasteiger partial charge is 0.305 e. The zero-order valence-corrected chi connectivity index (χ0v) is 54.0. The molecule has 0 aromatic carbocycles. The van der Waals surface area contributed by atoms with Gasteiger partial charge in [-0.2, -0.15) is 0 Å². The Bertz CT molecular complexity index is 1910. The average Bonchev–Trinajstić information content (AvgIpc) is 3.78. The van der Waals surface area contributed by atoms with Gasteiger partial charge in [-0.1, -0.05) is 122 Å². The molecule has 0 bridgehead atoms. The molecule has 3 unspecified atom stereocenters. The van der Waals surface area contributed by atoms with Crippen LogP contribution in [0.15, 0.2) is 49.1 Å². The van der Waals surface area contributed by atoms with E-state index in [0.29, 0.717) is 38.2 Å². The SMILES string of the molecule is C=CC[C@@H]1O[C@@H]([C@H](/C=C/C(=O)CCC2CC(=C)[C@H](CCC3C[C@@H](C)C(=C)[C@@H](CC4O[C@H](C[C@H](C)CO[Si](C)(C)C(C)(C)C)[C@H](C)[C@H]4CC(=O)OC)O3)O2)O[Si](C)(C)C(C)(C)C)[C@@H](O[Si](C)(C)C(C)(C)C)[C@@H](C)[C@H]1C. The molecule has 13 heteroatoms. The number of esters is 1. The molecule has 4 aliphatic rings. The molecule has 4 rings (SSSR count). The third-order valence-corrected chi connectivity index (χ3v) is 32.8. The van der Waals surface area contributed by atoms with Gasteiger partial charge in [-0.3, -0.25) is 9.59 Å². The molecule has 0 saturated carbocycles. The lowest BCUT2D eigenvalue weighted by Gasteiger charge is -2.52. The van der Waals surface area contributed by atoms with Crippen LogP contribution in [0.4, 0.5) is 0 Å². The third kappa shape index (κ3) is 17.0. The molecule has 426 valence electrons. The minimum atomic E-state index is -2.33. The maximum Gasteiger partial charge on any atom is 0.305 e. The largest absolute Gasteiger partial charge is 0.469 e. The lowest BCUT2D eigenvalue weighted by molar-refractivity contribution is -0.184. The van der Waals surface area contributed by atoms with Crippen LogP contribution in [0.25, 0.3) is 0 Å². The number of methoxy groups -OCH3 is 1. The van der Waals surface area contributed by atoms with Gasteiger partial charge in [0.15, 0.2) is 30.7 Å². The molecule has 4 aliphatic heterocycles. The van der Waals surface area contributed by atoms with Crippen molar-refractivity contribution < 1.29 is 46.6 Å². The first-order valence-electron chi connectivity index (χ1n) is 28.8. The Balaban J connectivity index is 1.40. The number of ether oxygens (including phenoxy) is 5. The molecule has 4 saturated heterocycles. The van der Waals surface area contributed by atoms with E-state index in [-0.39, 0.29) is 111 Å². The topological polar surface area (TPSA) is 108 Å². The first-order valence-corrected chi connectivity index (χ1v) is 37.5. The maximum atomic E-state index is 13.9. The van der Waals surface area contributed by atoms with Gasteiger partial charge in [0.1, 0.15) is 6.10 Å². The Morgan fingerprint density at radius 2 is 1.35 bits per heavy atom. The summed E-state index contributed by atoms with van der Waals surface area (Å²) in [7, 11) is -4.96. The van der Waals surface area contributed by atoms with Crippen molar-refractivity contribution in [3.8, 4) is 0 Å². The molecule has 4 fully saturated rings. The number of allylic oxidation sites excluding steroid dienone is 1. The summed E-state index contributed by atoms with van der Waals surface area (Å²) in [6.45, 7) is 59.3. The van der Waals surface area contributed by atoms with Gasteiger partial charge in [0.2, 0.25) is 0 Å². The van der Waals surface area contributed by atoms with E-state index < -0.39 is 31.1 Å². The van der Waals surface area contributed by atoms with Crippen molar-refractivity contribution in [3.63, 3.8) is 0 Å². The van der Waals surface area contributed by atoms with Crippen molar-refractivity contribution in [2.45, 2.75) is 277 Å².